The second-order valence-corrected chi connectivity index (χ2v) is 7.04. The second kappa shape index (κ2) is 7.96. The molecule has 0 fully saturated rings. The number of ether oxygens (including phenoxy) is 3. The highest BCUT2D eigenvalue weighted by Crippen LogP contribution is 2.35. The molecule has 11 heteroatoms. The van der Waals surface area contributed by atoms with Crippen molar-refractivity contribution in [1.82, 2.24) is 0 Å². The van der Waals surface area contributed by atoms with Gasteiger partial charge in [0.25, 0.3) is 0 Å². The Morgan fingerprint density at radius 1 is 1.23 bits per heavy atom. The maximum Gasteiger partial charge on any atom is 0.573 e. The topological polar surface area (TPSA) is 102 Å². The molecule has 0 aromatic heterocycles. The Balaban J connectivity index is 3.08. The molecule has 146 valence electrons. The van der Waals surface area contributed by atoms with Crippen molar-refractivity contribution in [3.05, 3.63) is 36.4 Å². The summed E-state index contributed by atoms with van der Waals surface area (Å²) in [7, 11) is -4.57. The standard InChI is InChI=1S/C15H17F3O7S/c1-4-14(2,3)24-12-9-10(5-6-11(12)25-15(16,17)18)13(19)23-7-8-26(20,21)22/h4-6,9H,1,7-8H2,2-3H3,(H,20,21,22)/p-1. The summed E-state index contributed by atoms with van der Waals surface area (Å²) >= 11 is 0. The molecule has 0 spiro atoms. The van der Waals surface area contributed by atoms with Crippen molar-refractivity contribution in [3.8, 4) is 11.5 Å². The summed E-state index contributed by atoms with van der Waals surface area (Å²) in [6.45, 7) is 5.82. The van der Waals surface area contributed by atoms with Crippen LogP contribution in [-0.2, 0) is 14.9 Å². The minimum atomic E-state index is -4.99. The number of carbonyl (C=O) groups is 1. The summed E-state index contributed by atoms with van der Waals surface area (Å²) in [5, 5.41) is 0. The molecule has 0 heterocycles. The fourth-order valence-electron chi connectivity index (χ4n) is 1.57. The first kappa shape index (κ1) is 21.8. The molecule has 0 aliphatic heterocycles. The molecule has 1 rings (SSSR count). The van der Waals surface area contributed by atoms with Crippen LogP contribution in [0.25, 0.3) is 0 Å². The first-order valence-electron chi connectivity index (χ1n) is 7.05. The molecule has 0 aliphatic rings. The lowest BCUT2D eigenvalue weighted by Gasteiger charge is -2.24. The number of hydrogen-bond acceptors (Lipinski definition) is 7. The van der Waals surface area contributed by atoms with Crippen molar-refractivity contribution in [2.45, 2.75) is 25.8 Å². The number of halogens is 3. The molecule has 0 aliphatic carbocycles. The highest BCUT2D eigenvalue weighted by molar-refractivity contribution is 7.85. The van der Waals surface area contributed by atoms with E-state index < -0.39 is 51.9 Å². The highest BCUT2D eigenvalue weighted by atomic mass is 32.2. The van der Waals surface area contributed by atoms with Gasteiger partial charge in [0.05, 0.1) is 21.4 Å². The van der Waals surface area contributed by atoms with E-state index in [0.29, 0.717) is 0 Å². The average Bonchev–Trinajstić information content (AvgIpc) is 2.46. The van der Waals surface area contributed by atoms with Crippen LogP contribution in [0.1, 0.15) is 24.2 Å². The van der Waals surface area contributed by atoms with Crippen molar-refractivity contribution in [1.29, 1.82) is 0 Å². The first-order valence-corrected chi connectivity index (χ1v) is 8.63. The molecule has 0 saturated carbocycles. The predicted octanol–water partition coefficient (Wildman–Crippen LogP) is 2.63. The van der Waals surface area contributed by atoms with Gasteiger partial charge in [0.15, 0.2) is 11.5 Å². The number of hydrogen-bond donors (Lipinski definition) is 0. The lowest BCUT2D eigenvalue weighted by Crippen LogP contribution is -2.26. The summed E-state index contributed by atoms with van der Waals surface area (Å²) in [6, 6.07) is 2.77. The Morgan fingerprint density at radius 2 is 1.85 bits per heavy atom. The van der Waals surface area contributed by atoms with Gasteiger partial charge in [-0.25, -0.2) is 13.2 Å². The van der Waals surface area contributed by atoms with E-state index in [2.05, 4.69) is 16.1 Å². The molecule has 1 aromatic carbocycles. The molecule has 0 amide bonds. The number of esters is 1. The molecule has 0 bridgehead atoms. The van der Waals surface area contributed by atoms with Gasteiger partial charge in [0, 0.05) is 0 Å². The van der Waals surface area contributed by atoms with E-state index in [1.54, 1.807) is 0 Å². The van der Waals surface area contributed by atoms with Crippen LogP contribution in [0.2, 0.25) is 0 Å². The monoisotopic (exact) mass is 397 g/mol. The van der Waals surface area contributed by atoms with Gasteiger partial charge >= 0.3 is 12.3 Å². The molecule has 0 saturated heterocycles. The van der Waals surface area contributed by atoms with Crippen LogP contribution in [0.3, 0.4) is 0 Å². The molecule has 0 radical (unpaired) electrons. The van der Waals surface area contributed by atoms with E-state index in [4.69, 9.17) is 4.74 Å². The molecule has 1 aromatic rings. The molecular formula is C15H16F3O7S-. The summed E-state index contributed by atoms with van der Waals surface area (Å²) in [5.41, 5.74) is -1.30. The Kier molecular flexibility index (Phi) is 6.66. The Hall–Kier alpha value is -2.27. The number of benzene rings is 1. The molecule has 7 nitrogen and oxygen atoms in total. The van der Waals surface area contributed by atoms with Crippen LogP contribution in [0.4, 0.5) is 13.2 Å². The molecule has 0 unspecified atom stereocenters. The van der Waals surface area contributed by atoms with Gasteiger partial charge in [0.1, 0.15) is 12.2 Å². The minimum absolute atomic E-state index is 0.224. The third kappa shape index (κ3) is 7.74. The van der Waals surface area contributed by atoms with Gasteiger partial charge in [0.2, 0.25) is 0 Å². The van der Waals surface area contributed by atoms with Gasteiger partial charge in [-0.15, -0.1) is 13.2 Å². The van der Waals surface area contributed by atoms with Crippen molar-refractivity contribution in [2.75, 3.05) is 12.4 Å². The van der Waals surface area contributed by atoms with E-state index >= 15 is 0 Å². The van der Waals surface area contributed by atoms with Crippen LogP contribution in [-0.4, -0.2) is 43.3 Å². The largest absolute Gasteiger partial charge is 0.748 e. The van der Waals surface area contributed by atoms with Crippen LogP contribution in [0.5, 0.6) is 11.5 Å². The van der Waals surface area contributed by atoms with Gasteiger partial charge in [-0.05, 0) is 38.1 Å². The number of carbonyl (C=O) groups excluding carboxylic acids is 1. The Morgan fingerprint density at radius 3 is 2.35 bits per heavy atom. The number of rotatable bonds is 8. The zero-order valence-corrected chi connectivity index (χ0v) is 14.6. The second-order valence-electron chi connectivity index (χ2n) is 5.52. The van der Waals surface area contributed by atoms with E-state index in [9.17, 15) is 30.9 Å². The molecule has 26 heavy (non-hydrogen) atoms. The van der Waals surface area contributed by atoms with Gasteiger partial charge in [-0.2, -0.15) is 0 Å². The van der Waals surface area contributed by atoms with E-state index in [0.717, 1.165) is 18.2 Å². The van der Waals surface area contributed by atoms with Crippen molar-refractivity contribution >= 4 is 16.1 Å². The average molecular weight is 397 g/mol. The van der Waals surface area contributed by atoms with E-state index in [1.807, 2.05) is 0 Å². The van der Waals surface area contributed by atoms with Gasteiger partial charge in [-0.1, -0.05) is 6.58 Å². The molecule has 0 N–H and O–H groups in total. The molecular weight excluding hydrogens is 381 g/mol. The predicted molar refractivity (Wildman–Crippen MR) is 82.9 cm³/mol. The van der Waals surface area contributed by atoms with Gasteiger partial charge in [-0.3, -0.25) is 0 Å². The van der Waals surface area contributed by atoms with Crippen molar-refractivity contribution < 1.29 is 45.1 Å². The zero-order valence-electron chi connectivity index (χ0n) is 13.8. The van der Waals surface area contributed by atoms with Crippen LogP contribution < -0.4 is 9.47 Å². The lowest BCUT2D eigenvalue weighted by atomic mass is 10.1. The lowest BCUT2D eigenvalue weighted by molar-refractivity contribution is -0.275. The zero-order chi connectivity index (χ0) is 20.2. The third-order valence-corrected chi connectivity index (χ3v) is 3.50. The SMILES string of the molecule is C=CC(C)(C)Oc1cc(C(=O)OCCS(=O)(=O)[O-])ccc1OC(F)(F)F. The third-order valence-electron chi connectivity index (χ3n) is 2.84. The van der Waals surface area contributed by atoms with Crippen LogP contribution in [0.15, 0.2) is 30.9 Å². The fourth-order valence-corrected chi connectivity index (χ4v) is 1.86. The van der Waals surface area contributed by atoms with Crippen LogP contribution >= 0.6 is 0 Å². The Bertz CT molecular complexity index is 770. The Labute approximate surface area is 148 Å². The summed E-state index contributed by atoms with van der Waals surface area (Å²) in [6.07, 6.45) is -3.66. The minimum Gasteiger partial charge on any atom is -0.748 e. The van der Waals surface area contributed by atoms with Crippen molar-refractivity contribution in [3.63, 3.8) is 0 Å². The maximum absolute atomic E-state index is 12.5. The van der Waals surface area contributed by atoms with Gasteiger partial charge < -0.3 is 18.8 Å². The van der Waals surface area contributed by atoms with Crippen molar-refractivity contribution in [2.24, 2.45) is 0 Å². The molecule has 0 atom stereocenters. The van der Waals surface area contributed by atoms with E-state index in [1.165, 1.54) is 19.9 Å². The summed E-state index contributed by atoms with van der Waals surface area (Å²) in [4.78, 5) is 11.9. The van der Waals surface area contributed by atoms with E-state index in [-0.39, 0.29) is 5.56 Å². The normalized spacial score (nSPS) is 12.4. The smallest absolute Gasteiger partial charge is 0.573 e. The first-order chi connectivity index (χ1) is 11.7. The fraction of sp³-hybridized carbons (Fsp3) is 0.400. The highest BCUT2D eigenvalue weighted by Gasteiger charge is 2.33. The quantitative estimate of drug-likeness (QED) is 0.377. The summed E-state index contributed by atoms with van der Waals surface area (Å²) < 4.78 is 82.7. The maximum atomic E-state index is 12.5. The summed E-state index contributed by atoms with van der Waals surface area (Å²) in [5.74, 6) is -3.07. The number of alkyl halides is 3. The van der Waals surface area contributed by atoms with Crippen LogP contribution in [0, 0.1) is 0 Å².